The van der Waals surface area contributed by atoms with E-state index in [1.165, 1.54) is 20.8 Å². The zero-order valence-electron chi connectivity index (χ0n) is 30.6. The highest BCUT2D eigenvalue weighted by molar-refractivity contribution is 5.90. The molecular formula is C41H43NO12. The number of ether oxygens (including phenoxy) is 5. The Balaban J connectivity index is 1.39. The van der Waals surface area contributed by atoms with Gasteiger partial charge in [-0.05, 0) is 44.7 Å². The molecule has 284 valence electrons. The number of hydrogen-bond acceptors (Lipinski definition) is 13. The Morgan fingerprint density at radius 3 is 1.80 bits per heavy atom. The smallest absolute Gasteiger partial charge is 0.338 e. The van der Waals surface area contributed by atoms with Crippen LogP contribution in [0, 0.1) is 39.9 Å². The molecule has 2 heterocycles. The number of hydrogen-bond donors (Lipinski definition) is 1. The Kier molecular flexibility index (Phi) is 8.24. The van der Waals surface area contributed by atoms with Crippen molar-refractivity contribution in [2.45, 2.75) is 82.8 Å². The number of carbonyl (C=O) groups excluding carboxylic acids is 6. The number of aldehydes is 1. The summed E-state index contributed by atoms with van der Waals surface area (Å²) in [4.78, 5) is 83.0. The summed E-state index contributed by atoms with van der Waals surface area (Å²) in [5.74, 6) is -6.72. The summed E-state index contributed by atoms with van der Waals surface area (Å²) in [5, 5.41) is 12.9. The molecule has 13 heteroatoms. The first-order valence-corrected chi connectivity index (χ1v) is 18.2. The van der Waals surface area contributed by atoms with Gasteiger partial charge in [0.1, 0.15) is 18.5 Å². The van der Waals surface area contributed by atoms with E-state index in [-0.39, 0.29) is 12.0 Å². The summed E-state index contributed by atoms with van der Waals surface area (Å²) in [6.45, 7) is 9.63. The van der Waals surface area contributed by atoms with Crippen molar-refractivity contribution in [3.8, 4) is 0 Å². The largest absolute Gasteiger partial charge is 0.461 e. The van der Waals surface area contributed by atoms with E-state index in [0.29, 0.717) is 17.4 Å². The van der Waals surface area contributed by atoms with E-state index in [9.17, 15) is 33.9 Å². The molecule has 54 heavy (non-hydrogen) atoms. The zero-order chi connectivity index (χ0) is 38.6. The van der Waals surface area contributed by atoms with E-state index < -0.39 is 118 Å². The molecule has 2 spiro atoms. The summed E-state index contributed by atoms with van der Waals surface area (Å²) in [5.41, 5.74) is -3.13. The van der Waals surface area contributed by atoms with Gasteiger partial charge in [-0.3, -0.25) is 19.3 Å². The van der Waals surface area contributed by atoms with Crippen LogP contribution in [0.2, 0.25) is 0 Å². The van der Waals surface area contributed by atoms with Crippen LogP contribution in [0.1, 0.15) is 54.8 Å². The molecule has 8 aliphatic rings. The van der Waals surface area contributed by atoms with E-state index >= 15 is 0 Å². The Bertz CT molecular complexity index is 1950. The fourth-order valence-corrected chi connectivity index (χ4v) is 12.7. The molecule has 1 N–H and O–H groups in total. The molecule has 0 amide bonds. The third-order valence-corrected chi connectivity index (χ3v) is 13.7. The summed E-state index contributed by atoms with van der Waals surface area (Å²) in [6.07, 6.45) is -6.72. The molecule has 6 aliphatic carbocycles. The lowest BCUT2D eigenvalue weighted by Crippen LogP contribution is -2.79. The minimum atomic E-state index is -1.66. The van der Waals surface area contributed by atoms with Crippen molar-refractivity contribution in [2.24, 2.45) is 39.9 Å². The van der Waals surface area contributed by atoms with Gasteiger partial charge in [-0.2, -0.15) is 0 Å². The van der Waals surface area contributed by atoms with Crippen molar-refractivity contribution in [2.75, 3.05) is 7.05 Å². The molecule has 6 saturated carbocycles. The number of piperidine rings is 1. The molecule has 8 fully saturated rings. The molecule has 10 rings (SSSR count). The van der Waals surface area contributed by atoms with Crippen LogP contribution in [-0.4, -0.2) is 102 Å². The highest BCUT2D eigenvalue weighted by Gasteiger charge is 2.95. The Labute approximate surface area is 311 Å². The lowest BCUT2D eigenvalue weighted by molar-refractivity contribution is -0.301. The normalized spacial score (nSPS) is 42.1. The number of benzene rings is 2. The van der Waals surface area contributed by atoms with Crippen LogP contribution in [0.15, 0.2) is 72.8 Å². The van der Waals surface area contributed by atoms with Crippen molar-refractivity contribution in [3.05, 3.63) is 83.9 Å². The quantitative estimate of drug-likeness (QED) is 0.181. The molecule has 0 radical (unpaired) electrons. The molecule has 13 nitrogen and oxygen atoms in total. The van der Waals surface area contributed by atoms with Crippen molar-refractivity contribution >= 4 is 36.1 Å². The van der Waals surface area contributed by atoms with E-state index in [1.807, 2.05) is 4.90 Å². The monoisotopic (exact) mass is 741 g/mol. The third-order valence-electron chi connectivity index (χ3n) is 13.7. The highest BCUT2D eigenvalue weighted by Crippen LogP contribution is 2.85. The summed E-state index contributed by atoms with van der Waals surface area (Å²) >= 11 is 0. The SMILES string of the molecule is C=C1C[C@]23C4[C@H](OC(=O)c5ccccc5)[C@H]1[C@@H](OC(C)=O)C2C12C([C@H]([C@H]3O)N(C)[C@H]41)[C@](C)(C=O)[C@@H](OC(C)=O)[C@H](OC(=O)c1ccccc1)[C@H]2OC(C)=O. The Hall–Kier alpha value is -4.88. The molecule has 2 aliphatic heterocycles. The van der Waals surface area contributed by atoms with Gasteiger partial charge in [0, 0.05) is 61.4 Å². The van der Waals surface area contributed by atoms with Crippen molar-refractivity contribution in [1.29, 1.82) is 0 Å². The van der Waals surface area contributed by atoms with Crippen LogP contribution in [0.4, 0.5) is 0 Å². The third kappa shape index (κ3) is 4.51. The van der Waals surface area contributed by atoms with Crippen molar-refractivity contribution in [1.82, 2.24) is 4.90 Å². The van der Waals surface area contributed by atoms with Gasteiger partial charge < -0.3 is 33.6 Å². The van der Waals surface area contributed by atoms with Gasteiger partial charge in [0.25, 0.3) is 0 Å². The Morgan fingerprint density at radius 2 is 1.28 bits per heavy atom. The fraction of sp³-hybridized carbons (Fsp3) is 0.512. The van der Waals surface area contributed by atoms with Crippen molar-refractivity contribution < 1.29 is 57.6 Å². The minimum Gasteiger partial charge on any atom is -0.461 e. The zero-order valence-corrected chi connectivity index (χ0v) is 30.6. The highest BCUT2D eigenvalue weighted by atomic mass is 16.6. The molecule has 2 aromatic carbocycles. The second kappa shape index (κ2) is 12.3. The fourth-order valence-electron chi connectivity index (χ4n) is 12.7. The molecule has 2 saturated heterocycles. The van der Waals surface area contributed by atoms with E-state index in [1.54, 1.807) is 74.6 Å². The predicted octanol–water partition coefficient (Wildman–Crippen LogP) is 2.93. The first kappa shape index (κ1) is 36.1. The topological polar surface area (TPSA) is 172 Å². The summed E-state index contributed by atoms with van der Waals surface area (Å²) in [6, 6.07) is 15.1. The minimum absolute atomic E-state index is 0.163. The van der Waals surface area contributed by atoms with Gasteiger partial charge in [-0.1, -0.05) is 48.6 Å². The van der Waals surface area contributed by atoms with Crippen LogP contribution < -0.4 is 0 Å². The van der Waals surface area contributed by atoms with E-state index in [2.05, 4.69) is 6.58 Å². The van der Waals surface area contributed by atoms with Crippen LogP contribution in [-0.2, 0) is 42.9 Å². The molecule has 15 atom stereocenters. The second-order valence-electron chi connectivity index (χ2n) is 16.1. The first-order chi connectivity index (χ1) is 25.7. The average molecular weight is 742 g/mol. The van der Waals surface area contributed by atoms with Gasteiger partial charge >= 0.3 is 29.8 Å². The number of aliphatic hydroxyl groups excluding tert-OH is 1. The number of aliphatic hydroxyl groups is 1. The number of likely N-dealkylation sites (N-methyl/N-ethyl adjacent to an activating group) is 1. The molecule has 2 aromatic rings. The van der Waals surface area contributed by atoms with Gasteiger partial charge in [-0.25, -0.2) is 9.59 Å². The lowest BCUT2D eigenvalue weighted by Gasteiger charge is -2.70. The van der Waals surface area contributed by atoms with E-state index in [4.69, 9.17) is 23.7 Å². The average Bonchev–Trinajstić information content (AvgIpc) is 3.46. The van der Waals surface area contributed by atoms with Crippen LogP contribution in [0.5, 0.6) is 0 Å². The summed E-state index contributed by atoms with van der Waals surface area (Å²) in [7, 11) is 1.80. The predicted molar refractivity (Wildman–Crippen MR) is 186 cm³/mol. The molecule has 7 bridgehead atoms. The number of rotatable bonds is 8. The lowest BCUT2D eigenvalue weighted by atomic mass is 9.37. The maximum absolute atomic E-state index is 14.0. The van der Waals surface area contributed by atoms with Crippen LogP contribution in [0.25, 0.3) is 0 Å². The van der Waals surface area contributed by atoms with Gasteiger partial charge in [0.15, 0.2) is 18.3 Å². The van der Waals surface area contributed by atoms with Gasteiger partial charge in [0.05, 0.1) is 28.6 Å². The molecular weight excluding hydrogens is 698 g/mol. The number of carbonyl (C=O) groups is 6. The standard InChI is InChI=1S/C41H43NO12/c1-19-17-40-26-28(53-37(48)23-13-9-7-10-14-23)25(19)29(50-20(2)44)32(40)41-31(27(34(40)47)42(6)33(26)41)39(5,18-43)35(51-21(3)45)30(36(41)52-22(4)46)54-38(49)24-15-11-8-12-16-24/h7-16,18,25-36,47H,1,17H2,2-6H3/t25-,26?,27+,28+,29+,30-,31?,32?,33+,34+,35-,36+,39-,40-,41?/m0/s1. The van der Waals surface area contributed by atoms with Crippen molar-refractivity contribution in [3.63, 3.8) is 0 Å². The number of esters is 5. The van der Waals surface area contributed by atoms with Gasteiger partial charge in [0.2, 0.25) is 0 Å². The molecule has 0 aromatic heterocycles. The maximum Gasteiger partial charge on any atom is 0.338 e. The van der Waals surface area contributed by atoms with E-state index in [0.717, 1.165) is 0 Å². The van der Waals surface area contributed by atoms with Gasteiger partial charge in [-0.15, -0.1) is 0 Å². The second-order valence-corrected chi connectivity index (χ2v) is 16.1. The van der Waals surface area contributed by atoms with Crippen LogP contribution in [0.3, 0.4) is 0 Å². The first-order valence-electron chi connectivity index (χ1n) is 18.2. The molecule has 4 unspecified atom stereocenters. The van der Waals surface area contributed by atoms with Crippen LogP contribution >= 0.6 is 0 Å². The number of nitrogens with zero attached hydrogens (tertiary/aromatic N) is 1. The number of fused-ring (bicyclic) bond motifs is 1. The maximum atomic E-state index is 14.0. The Morgan fingerprint density at radius 1 is 0.759 bits per heavy atom. The summed E-state index contributed by atoms with van der Waals surface area (Å²) < 4.78 is 31.3.